The van der Waals surface area contributed by atoms with Crippen LogP contribution < -0.4 is 5.32 Å². The summed E-state index contributed by atoms with van der Waals surface area (Å²) in [7, 11) is 0. The molecule has 0 aromatic heterocycles. The Kier molecular flexibility index (Phi) is 2.35. The molecular weight excluding hydrogens is 165 g/mol. The highest BCUT2D eigenvalue weighted by Crippen LogP contribution is 2.21. The molecule has 0 spiro atoms. The number of anilines is 1. The van der Waals surface area contributed by atoms with E-state index in [0.717, 1.165) is 18.7 Å². The fourth-order valence-electron chi connectivity index (χ4n) is 1.26. The minimum Gasteiger partial charge on any atom is -0.384 e. The average molecular weight is 174 g/mol. The summed E-state index contributed by atoms with van der Waals surface area (Å²) in [6, 6.07) is 4.89. The average Bonchev–Trinajstić information content (AvgIpc) is 2.33. The second-order valence-electron chi connectivity index (χ2n) is 2.48. The first-order chi connectivity index (χ1) is 4.86. The zero-order valence-corrected chi connectivity index (χ0v) is 6.75. The third-order valence-electron chi connectivity index (χ3n) is 1.78. The molecule has 0 saturated heterocycles. The van der Waals surface area contributed by atoms with Gasteiger partial charge < -0.3 is 5.32 Å². The lowest BCUT2D eigenvalue weighted by Crippen LogP contribution is -1.90. The summed E-state index contributed by atoms with van der Waals surface area (Å²) in [5.41, 5.74) is 2.18. The summed E-state index contributed by atoms with van der Waals surface area (Å²) in [5.74, 6) is -0.159. The lowest BCUT2D eigenvalue weighted by molar-refractivity contribution is 0.628. The van der Waals surface area contributed by atoms with Crippen LogP contribution in [0.2, 0.25) is 0 Å². The molecular formula is C8H9ClFN. The van der Waals surface area contributed by atoms with Crippen molar-refractivity contribution in [3.63, 3.8) is 0 Å². The SMILES string of the molecule is Cl.Fc1ccc2c(c1)NCC2. The Morgan fingerprint density at radius 2 is 2.18 bits per heavy atom. The summed E-state index contributed by atoms with van der Waals surface area (Å²) in [4.78, 5) is 0. The normalized spacial score (nSPS) is 13.2. The summed E-state index contributed by atoms with van der Waals surface area (Å²) in [6.07, 6.45) is 1.02. The zero-order chi connectivity index (χ0) is 6.97. The van der Waals surface area contributed by atoms with Gasteiger partial charge in [-0.2, -0.15) is 0 Å². The van der Waals surface area contributed by atoms with E-state index in [2.05, 4.69) is 5.32 Å². The Bertz CT molecular complexity index is 262. The topological polar surface area (TPSA) is 12.0 Å². The van der Waals surface area contributed by atoms with E-state index in [-0.39, 0.29) is 18.2 Å². The highest BCUT2D eigenvalue weighted by atomic mass is 35.5. The van der Waals surface area contributed by atoms with E-state index < -0.39 is 0 Å². The van der Waals surface area contributed by atoms with Crippen LogP contribution in [0.1, 0.15) is 5.56 Å². The van der Waals surface area contributed by atoms with Crippen LogP contribution in [0.15, 0.2) is 18.2 Å². The first-order valence-electron chi connectivity index (χ1n) is 3.38. The maximum absolute atomic E-state index is 12.5. The van der Waals surface area contributed by atoms with Gasteiger partial charge in [-0.3, -0.25) is 0 Å². The molecule has 0 saturated carbocycles. The highest BCUT2D eigenvalue weighted by molar-refractivity contribution is 5.85. The van der Waals surface area contributed by atoms with Crippen molar-refractivity contribution in [2.75, 3.05) is 11.9 Å². The van der Waals surface area contributed by atoms with Gasteiger partial charge in [0.05, 0.1) is 0 Å². The van der Waals surface area contributed by atoms with E-state index in [9.17, 15) is 4.39 Å². The van der Waals surface area contributed by atoms with Crippen molar-refractivity contribution in [3.05, 3.63) is 29.6 Å². The number of hydrogen-bond donors (Lipinski definition) is 1. The molecule has 0 unspecified atom stereocenters. The maximum Gasteiger partial charge on any atom is 0.125 e. The number of halogens is 2. The van der Waals surface area contributed by atoms with E-state index in [4.69, 9.17) is 0 Å². The van der Waals surface area contributed by atoms with E-state index in [1.54, 1.807) is 6.07 Å². The van der Waals surface area contributed by atoms with Gasteiger partial charge in [-0.15, -0.1) is 12.4 Å². The fourth-order valence-corrected chi connectivity index (χ4v) is 1.26. The molecule has 1 aromatic carbocycles. The molecule has 0 aliphatic carbocycles. The van der Waals surface area contributed by atoms with Gasteiger partial charge in [0, 0.05) is 12.2 Å². The van der Waals surface area contributed by atoms with Gasteiger partial charge in [0.1, 0.15) is 5.82 Å². The maximum atomic E-state index is 12.5. The quantitative estimate of drug-likeness (QED) is 0.635. The number of benzene rings is 1. The molecule has 0 bridgehead atoms. The number of fused-ring (bicyclic) bond motifs is 1. The molecule has 2 rings (SSSR count). The van der Waals surface area contributed by atoms with E-state index in [0.29, 0.717) is 0 Å². The predicted octanol–water partition coefficient (Wildman–Crippen LogP) is 2.22. The molecule has 11 heavy (non-hydrogen) atoms. The third-order valence-corrected chi connectivity index (χ3v) is 1.78. The van der Waals surface area contributed by atoms with Crippen molar-refractivity contribution in [2.45, 2.75) is 6.42 Å². The minimum atomic E-state index is -0.159. The second-order valence-corrected chi connectivity index (χ2v) is 2.48. The minimum absolute atomic E-state index is 0. The van der Waals surface area contributed by atoms with Crippen LogP contribution in [0.3, 0.4) is 0 Å². The number of nitrogens with one attached hydrogen (secondary N) is 1. The monoisotopic (exact) mass is 173 g/mol. The van der Waals surface area contributed by atoms with Gasteiger partial charge in [0.25, 0.3) is 0 Å². The fraction of sp³-hybridized carbons (Fsp3) is 0.250. The first kappa shape index (κ1) is 8.34. The smallest absolute Gasteiger partial charge is 0.125 e. The Hall–Kier alpha value is -0.760. The molecule has 1 N–H and O–H groups in total. The molecule has 1 aliphatic rings. The summed E-state index contributed by atoms with van der Waals surface area (Å²) in [6.45, 7) is 0.943. The molecule has 1 aliphatic heterocycles. The van der Waals surface area contributed by atoms with Gasteiger partial charge in [-0.05, 0) is 24.1 Å². The Balaban J connectivity index is 0.000000605. The van der Waals surface area contributed by atoms with Crippen LogP contribution in [-0.4, -0.2) is 6.54 Å². The van der Waals surface area contributed by atoms with Crippen LogP contribution in [0, 0.1) is 5.82 Å². The number of hydrogen-bond acceptors (Lipinski definition) is 1. The Morgan fingerprint density at radius 1 is 1.36 bits per heavy atom. The Labute approximate surface area is 71.0 Å². The number of rotatable bonds is 0. The van der Waals surface area contributed by atoms with Crippen LogP contribution in [-0.2, 0) is 6.42 Å². The predicted molar refractivity (Wildman–Crippen MR) is 45.8 cm³/mol. The molecule has 3 heteroatoms. The third kappa shape index (κ3) is 1.46. The molecule has 0 radical (unpaired) electrons. The molecule has 0 atom stereocenters. The molecule has 1 nitrogen and oxygen atoms in total. The van der Waals surface area contributed by atoms with Gasteiger partial charge in [-0.25, -0.2) is 4.39 Å². The van der Waals surface area contributed by atoms with Crippen molar-refractivity contribution in [1.82, 2.24) is 0 Å². The van der Waals surface area contributed by atoms with E-state index >= 15 is 0 Å². The summed E-state index contributed by atoms with van der Waals surface area (Å²) in [5, 5.41) is 3.10. The first-order valence-corrected chi connectivity index (χ1v) is 3.38. The van der Waals surface area contributed by atoms with Crippen LogP contribution in [0.25, 0.3) is 0 Å². The lowest BCUT2D eigenvalue weighted by Gasteiger charge is -1.96. The van der Waals surface area contributed by atoms with E-state index in [1.165, 1.54) is 11.6 Å². The van der Waals surface area contributed by atoms with Crippen LogP contribution >= 0.6 is 12.4 Å². The Morgan fingerprint density at radius 3 is 3.00 bits per heavy atom. The lowest BCUT2D eigenvalue weighted by atomic mass is 10.2. The van der Waals surface area contributed by atoms with Crippen molar-refractivity contribution in [2.24, 2.45) is 0 Å². The summed E-state index contributed by atoms with van der Waals surface area (Å²) < 4.78 is 12.5. The van der Waals surface area contributed by atoms with Gasteiger partial charge in [0.15, 0.2) is 0 Å². The van der Waals surface area contributed by atoms with Gasteiger partial charge in [-0.1, -0.05) is 6.07 Å². The van der Waals surface area contributed by atoms with Crippen molar-refractivity contribution >= 4 is 18.1 Å². The van der Waals surface area contributed by atoms with Crippen molar-refractivity contribution in [3.8, 4) is 0 Å². The highest BCUT2D eigenvalue weighted by Gasteiger charge is 2.08. The van der Waals surface area contributed by atoms with Crippen LogP contribution in [0.5, 0.6) is 0 Å². The van der Waals surface area contributed by atoms with E-state index in [1.807, 2.05) is 6.07 Å². The summed E-state index contributed by atoms with van der Waals surface area (Å²) >= 11 is 0. The molecule has 0 fully saturated rings. The molecule has 60 valence electrons. The standard InChI is InChI=1S/C8H8FN.ClH/c9-7-2-1-6-3-4-10-8(6)5-7;/h1-2,5,10H,3-4H2;1H. The van der Waals surface area contributed by atoms with Crippen molar-refractivity contribution in [1.29, 1.82) is 0 Å². The van der Waals surface area contributed by atoms with Gasteiger partial charge >= 0.3 is 0 Å². The van der Waals surface area contributed by atoms with Crippen molar-refractivity contribution < 1.29 is 4.39 Å². The van der Waals surface area contributed by atoms with Gasteiger partial charge in [0.2, 0.25) is 0 Å². The molecule has 1 aromatic rings. The molecule has 0 amide bonds. The van der Waals surface area contributed by atoms with Crippen LogP contribution in [0.4, 0.5) is 10.1 Å². The second kappa shape index (κ2) is 3.09. The molecule has 1 heterocycles. The largest absolute Gasteiger partial charge is 0.384 e. The zero-order valence-electron chi connectivity index (χ0n) is 5.93.